The number of fused-ring (bicyclic) bond motifs is 1. The number of ketones is 1. The lowest BCUT2D eigenvalue weighted by molar-refractivity contribution is -0.355. The Labute approximate surface area is 123 Å². The van der Waals surface area contributed by atoms with Gasteiger partial charge in [-0.3, -0.25) is 4.79 Å². The van der Waals surface area contributed by atoms with E-state index in [4.69, 9.17) is 23.2 Å². The van der Waals surface area contributed by atoms with Crippen molar-refractivity contribution in [3.05, 3.63) is 68.6 Å². The Morgan fingerprint density at radius 1 is 1.05 bits per heavy atom. The first-order valence-electron chi connectivity index (χ1n) is 5.63. The van der Waals surface area contributed by atoms with E-state index in [0.29, 0.717) is 15.3 Å². The lowest BCUT2D eigenvalue weighted by Crippen LogP contribution is -2.16. The molecule has 0 N–H and O–H groups in total. The third kappa shape index (κ3) is 1.88. The molecule has 100 valence electrons. The van der Waals surface area contributed by atoms with Gasteiger partial charge in [-0.25, -0.2) is 4.39 Å². The van der Waals surface area contributed by atoms with Crippen LogP contribution in [0.2, 0.25) is 10.0 Å². The molecule has 2 aromatic carbocycles. The van der Waals surface area contributed by atoms with Crippen LogP contribution in [-0.4, -0.2) is 16.2 Å². The van der Waals surface area contributed by atoms with E-state index in [1.54, 1.807) is 0 Å². The highest BCUT2D eigenvalue weighted by Crippen LogP contribution is 2.30. The maximum atomic E-state index is 13.2. The molecule has 0 radical (unpaired) electrons. The number of benzene rings is 2. The second-order valence-electron chi connectivity index (χ2n) is 4.26. The molecule has 1 aliphatic heterocycles. The second-order valence-corrected chi connectivity index (χ2v) is 5.08. The second kappa shape index (κ2) is 4.58. The van der Waals surface area contributed by atoms with Gasteiger partial charge in [0.2, 0.25) is 5.69 Å². The highest BCUT2D eigenvalue weighted by atomic mass is 35.5. The van der Waals surface area contributed by atoms with Crippen LogP contribution in [0.1, 0.15) is 15.9 Å². The highest BCUT2D eigenvalue weighted by Gasteiger charge is 2.37. The highest BCUT2D eigenvalue weighted by molar-refractivity contribution is 6.52. The molecule has 1 heterocycles. The van der Waals surface area contributed by atoms with Crippen molar-refractivity contribution in [2.75, 3.05) is 0 Å². The summed E-state index contributed by atoms with van der Waals surface area (Å²) in [4.78, 5) is 12.2. The molecule has 0 fully saturated rings. The minimum atomic E-state index is -0.569. The smallest absolute Gasteiger partial charge is 0.273 e. The van der Waals surface area contributed by atoms with E-state index in [1.807, 2.05) is 0 Å². The first-order chi connectivity index (χ1) is 9.49. The Kier molecular flexibility index (Phi) is 3.00. The van der Waals surface area contributed by atoms with Crippen LogP contribution in [0.4, 0.5) is 10.1 Å². The van der Waals surface area contributed by atoms with Gasteiger partial charge in [-0.2, -0.15) is 4.74 Å². The van der Waals surface area contributed by atoms with Crippen LogP contribution in [-0.2, 0) is 0 Å². The Morgan fingerprint density at radius 2 is 1.80 bits per heavy atom. The van der Waals surface area contributed by atoms with Gasteiger partial charge in [-0.05, 0) is 30.3 Å². The lowest BCUT2D eigenvalue weighted by atomic mass is 10.0. The van der Waals surface area contributed by atoms with Crippen molar-refractivity contribution in [1.29, 1.82) is 0 Å². The first kappa shape index (κ1) is 13.1. The average molecular weight is 310 g/mol. The van der Waals surface area contributed by atoms with Crippen LogP contribution in [0, 0.1) is 11.0 Å². The molecule has 0 saturated carbocycles. The number of carbonyl (C=O) groups is 1. The van der Waals surface area contributed by atoms with E-state index >= 15 is 0 Å². The standard InChI is InChI=1S/C14H6Cl2FNO2/c15-10-3-1-7(5-11(10)16)13-14(19)9-6-8(17)2-4-12(9)18(13)20/h1-6H. The quantitative estimate of drug-likeness (QED) is 0.591. The van der Waals surface area contributed by atoms with Crippen molar-refractivity contribution in [3.8, 4) is 0 Å². The summed E-state index contributed by atoms with van der Waals surface area (Å²) in [6.45, 7) is 0. The number of halogens is 3. The maximum absolute atomic E-state index is 13.2. The van der Waals surface area contributed by atoms with Crippen LogP contribution < -0.4 is 0 Å². The number of carbonyl (C=O) groups excluding carboxylic acids is 1. The zero-order valence-electron chi connectivity index (χ0n) is 9.86. The van der Waals surface area contributed by atoms with Gasteiger partial charge >= 0.3 is 0 Å². The molecule has 0 amide bonds. The molecule has 0 saturated heterocycles. The molecule has 0 unspecified atom stereocenters. The fourth-order valence-electron chi connectivity index (χ4n) is 2.10. The largest absolute Gasteiger partial charge is 0.618 e. The molecular formula is C14H6Cl2FNO2. The van der Waals surface area contributed by atoms with Crippen LogP contribution >= 0.6 is 23.2 Å². The molecule has 20 heavy (non-hydrogen) atoms. The molecule has 0 aromatic heterocycles. The molecule has 2 aromatic rings. The third-order valence-electron chi connectivity index (χ3n) is 3.03. The monoisotopic (exact) mass is 309 g/mol. The van der Waals surface area contributed by atoms with Crippen molar-refractivity contribution < 1.29 is 13.9 Å². The summed E-state index contributed by atoms with van der Waals surface area (Å²) in [5.74, 6) is -1.10. The zero-order chi connectivity index (χ0) is 14.4. The van der Waals surface area contributed by atoms with Gasteiger partial charge in [-0.15, -0.1) is 0 Å². The fraction of sp³-hybridized carbons (Fsp3) is 0. The SMILES string of the molecule is O=C1C(c2ccc(Cl)c(Cl)c2)=[N+]([O-])c2ccc(F)cc21. The molecule has 0 spiro atoms. The van der Waals surface area contributed by atoms with Gasteiger partial charge in [0.15, 0.2) is 0 Å². The van der Waals surface area contributed by atoms with Crippen LogP contribution in [0.15, 0.2) is 36.4 Å². The fourth-order valence-corrected chi connectivity index (χ4v) is 2.40. The van der Waals surface area contributed by atoms with Crippen molar-refractivity contribution >= 4 is 40.4 Å². The normalized spacial score (nSPS) is 13.8. The minimum absolute atomic E-state index is 0.0427. The lowest BCUT2D eigenvalue weighted by Gasteiger charge is -2.03. The molecule has 1 aliphatic rings. The van der Waals surface area contributed by atoms with E-state index in [1.165, 1.54) is 24.3 Å². The number of hydrogen-bond donors (Lipinski definition) is 0. The van der Waals surface area contributed by atoms with Crippen LogP contribution in [0.3, 0.4) is 0 Å². The Hall–Kier alpha value is -1.91. The van der Waals surface area contributed by atoms with Gasteiger partial charge in [0.05, 0.1) is 15.6 Å². The van der Waals surface area contributed by atoms with Crippen LogP contribution in [0.5, 0.6) is 0 Å². The zero-order valence-corrected chi connectivity index (χ0v) is 11.4. The number of rotatable bonds is 1. The van der Waals surface area contributed by atoms with E-state index in [2.05, 4.69) is 0 Å². The van der Waals surface area contributed by atoms with Crippen molar-refractivity contribution in [2.45, 2.75) is 0 Å². The molecule has 0 aliphatic carbocycles. The Morgan fingerprint density at radius 3 is 2.50 bits per heavy atom. The van der Waals surface area contributed by atoms with Gasteiger partial charge in [0, 0.05) is 6.07 Å². The number of hydrogen-bond acceptors (Lipinski definition) is 2. The maximum Gasteiger partial charge on any atom is 0.273 e. The van der Waals surface area contributed by atoms with E-state index in [9.17, 15) is 14.4 Å². The Bertz CT molecular complexity index is 787. The van der Waals surface area contributed by atoms with Gasteiger partial charge in [0.25, 0.3) is 11.5 Å². The minimum Gasteiger partial charge on any atom is -0.618 e. The summed E-state index contributed by atoms with van der Waals surface area (Å²) in [7, 11) is 0. The molecule has 6 heteroatoms. The molecule has 3 nitrogen and oxygen atoms in total. The topological polar surface area (TPSA) is 43.1 Å². The summed E-state index contributed by atoms with van der Waals surface area (Å²) in [6, 6.07) is 7.91. The van der Waals surface area contributed by atoms with Crippen molar-refractivity contribution in [1.82, 2.24) is 0 Å². The van der Waals surface area contributed by atoms with E-state index in [-0.39, 0.29) is 22.0 Å². The number of nitrogens with zero attached hydrogens (tertiary/aromatic N) is 1. The molecule has 0 atom stereocenters. The van der Waals surface area contributed by atoms with Gasteiger partial charge in [0.1, 0.15) is 11.4 Å². The van der Waals surface area contributed by atoms with Crippen molar-refractivity contribution in [2.24, 2.45) is 0 Å². The van der Waals surface area contributed by atoms with Gasteiger partial charge in [-0.1, -0.05) is 23.2 Å². The summed E-state index contributed by atoms with van der Waals surface area (Å²) in [5.41, 5.74) is 0.415. The summed E-state index contributed by atoms with van der Waals surface area (Å²) >= 11 is 11.7. The van der Waals surface area contributed by atoms with Crippen LogP contribution in [0.25, 0.3) is 0 Å². The molecular weight excluding hydrogens is 304 g/mol. The third-order valence-corrected chi connectivity index (χ3v) is 3.77. The predicted molar refractivity (Wildman–Crippen MR) is 74.6 cm³/mol. The first-order valence-corrected chi connectivity index (χ1v) is 6.38. The molecule has 3 rings (SSSR count). The van der Waals surface area contributed by atoms with Gasteiger partial charge < -0.3 is 5.21 Å². The summed E-state index contributed by atoms with van der Waals surface area (Å²) in [5, 5.41) is 12.7. The average Bonchev–Trinajstić information content (AvgIpc) is 2.65. The number of Topliss-reactive ketones (excluding diaryl/α,β-unsaturated/α-hetero) is 1. The Balaban J connectivity index is 2.18. The summed E-state index contributed by atoms with van der Waals surface area (Å²) in [6.07, 6.45) is 0. The predicted octanol–water partition coefficient (Wildman–Crippen LogP) is 3.96. The molecule has 0 bridgehead atoms. The summed E-state index contributed by atoms with van der Waals surface area (Å²) < 4.78 is 13.7. The van der Waals surface area contributed by atoms with E-state index < -0.39 is 11.6 Å². The van der Waals surface area contributed by atoms with Crippen molar-refractivity contribution in [3.63, 3.8) is 0 Å². The van der Waals surface area contributed by atoms with E-state index in [0.717, 1.165) is 12.1 Å².